The van der Waals surface area contributed by atoms with Crippen LogP contribution >= 0.6 is 11.3 Å². The Morgan fingerprint density at radius 1 is 1.38 bits per heavy atom. The van der Waals surface area contributed by atoms with Gasteiger partial charge in [0.25, 0.3) is 0 Å². The molecule has 1 aromatic heterocycles. The Morgan fingerprint density at radius 2 is 2.33 bits per heavy atom. The zero-order valence-electron chi connectivity index (χ0n) is 12.7. The molecule has 3 heterocycles. The number of nitrogens with zero attached hydrogens (tertiary/aromatic N) is 1. The number of amides is 1. The molecule has 1 amide bonds. The largest absolute Gasteiger partial charge is 0.342 e. The highest BCUT2D eigenvalue weighted by Gasteiger charge is 2.30. The van der Waals surface area contributed by atoms with E-state index >= 15 is 0 Å². The topological polar surface area (TPSA) is 32.3 Å². The number of aryl methyl sites for hydroxylation is 1. The highest BCUT2D eigenvalue weighted by molar-refractivity contribution is 7.09. The van der Waals surface area contributed by atoms with Gasteiger partial charge in [0.1, 0.15) is 0 Å². The molecule has 0 spiro atoms. The second kappa shape index (κ2) is 7.41. The minimum absolute atomic E-state index is 0.370. The van der Waals surface area contributed by atoms with Gasteiger partial charge in [-0.15, -0.1) is 11.3 Å². The second-order valence-corrected chi connectivity index (χ2v) is 7.41. The van der Waals surface area contributed by atoms with Crippen LogP contribution in [0.5, 0.6) is 0 Å². The van der Waals surface area contributed by atoms with E-state index in [-0.39, 0.29) is 0 Å². The Bertz CT molecular complexity index is 440. The van der Waals surface area contributed by atoms with Gasteiger partial charge in [-0.2, -0.15) is 0 Å². The lowest BCUT2D eigenvalue weighted by Gasteiger charge is -2.36. The van der Waals surface area contributed by atoms with Gasteiger partial charge in [0.05, 0.1) is 0 Å². The van der Waals surface area contributed by atoms with Crippen LogP contribution in [0.2, 0.25) is 0 Å². The number of carbonyl (C=O) groups is 1. The molecule has 0 radical (unpaired) electrons. The van der Waals surface area contributed by atoms with E-state index in [1.807, 2.05) is 0 Å². The molecule has 1 N–H and O–H groups in total. The first-order valence-corrected chi connectivity index (χ1v) is 9.24. The summed E-state index contributed by atoms with van der Waals surface area (Å²) in [5.74, 6) is 1.05. The first-order chi connectivity index (χ1) is 10.3. The fraction of sp³-hybridized carbons (Fsp3) is 0.706. The van der Waals surface area contributed by atoms with Gasteiger partial charge in [0, 0.05) is 30.4 Å². The summed E-state index contributed by atoms with van der Waals surface area (Å²) < 4.78 is 0. The maximum absolute atomic E-state index is 12.4. The molecule has 2 aliphatic rings. The molecule has 4 heteroatoms. The molecule has 0 aromatic carbocycles. The number of hydrogen-bond donors (Lipinski definition) is 1. The molecular weight excluding hydrogens is 280 g/mol. The minimum atomic E-state index is 0.370. The zero-order valence-corrected chi connectivity index (χ0v) is 13.5. The van der Waals surface area contributed by atoms with E-state index in [4.69, 9.17) is 0 Å². The van der Waals surface area contributed by atoms with Crippen molar-refractivity contribution in [2.24, 2.45) is 5.92 Å². The lowest BCUT2D eigenvalue weighted by molar-refractivity contribution is -0.133. The Morgan fingerprint density at radius 3 is 3.10 bits per heavy atom. The molecule has 2 aliphatic heterocycles. The predicted octanol–water partition coefficient (Wildman–Crippen LogP) is 3.06. The van der Waals surface area contributed by atoms with Crippen LogP contribution in [0.25, 0.3) is 0 Å². The minimum Gasteiger partial charge on any atom is -0.342 e. The van der Waals surface area contributed by atoms with Crippen LogP contribution in [-0.2, 0) is 11.2 Å². The number of carbonyl (C=O) groups excluding carboxylic acids is 1. The van der Waals surface area contributed by atoms with Crippen molar-refractivity contribution in [1.29, 1.82) is 0 Å². The fourth-order valence-corrected chi connectivity index (χ4v) is 4.46. The second-order valence-electron chi connectivity index (χ2n) is 6.38. The molecule has 0 saturated carbocycles. The number of nitrogens with one attached hydrogen (secondary N) is 1. The smallest absolute Gasteiger partial charge is 0.222 e. The van der Waals surface area contributed by atoms with E-state index < -0.39 is 0 Å². The molecule has 0 bridgehead atoms. The number of rotatable bonds is 5. The van der Waals surface area contributed by atoms with Crippen molar-refractivity contribution in [3.63, 3.8) is 0 Å². The number of piperidine rings is 1. The summed E-state index contributed by atoms with van der Waals surface area (Å²) in [6.07, 6.45) is 7.81. The van der Waals surface area contributed by atoms with E-state index in [0.29, 0.717) is 24.3 Å². The summed E-state index contributed by atoms with van der Waals surface area (Å²) in [4.78, 5) is 15.9. The van der Waals surface area contributed by atoms with Crippen molar-refractivity contribution in [3.8, 4) is 0 Å². The van der Waals surface area contributed by atoms with Gasteiger partial charge in [-0.25, -0.2) is 0 Å². The first kappa shape index (κ1) is 15.0. The third kappa shape index (κ3) is 4.07. The summed E-state index contributed by atoms with van der Waals surface area (Å²) in [6, 6.07) is 4.91. The Kier molecular flexibility index (Phi) is 5.31. The van der Waals surface area contributed by atoms with Gasteiger partial charge >= 0.3 is 0 Å². The van der Waals surface area contributed by atoms with Crippen molar-refractivity contribution >= 4 is 17.2 Å². The zero-order chi connectivity index (χ0) is 14.5. The third-order valence-corrected chi connectivity index (χ3v) is 5.81. The average molecular weight is 306 g/mol. The molecule has 3 nitrogen and oxygen atoms in total. The van der Waals surface area contributed by atoms with Crippen LogP contribution in [0.15, 0.2) is 17.5 Å². The monoisotopic (exact) mass is 306 g/mol. The molecular formula is C17H26N2OS. The van der Waals surface area contributed by atoms with Gasteiger partial charge in [0.15, 0.2) is 0 Å². The van der Waals surface area contributed by atoms with E-state index in [1.54, 1.807) is 11.3 Å². The summed E-state index contributed by atoms with van der Waals surface area (Å²) in [6.45, 7) is 3.12. The van der Waals surface area contributed by atoms with Crippen LogP contribution in [-0.4, -0.2) is 36.5 Å². The fourth-order valence-electron chi connectivity index (χ4n) is 3.71. The van der Waals surface area contributed by atoms with E-state index in [2.05, 4.69) is 27.7 Å². The van der Waals surface area contributed by atoms with Crippen molar-refractivity contribution in [2.75, 3.05) is 19.6 Å². The van der Waals surface area contributed by atoms with Gasteiger partial charge in [-0.05, 0) is 62.4 Å². The summed E-state index contributed by atoms with van der Waals surface area (Å²) in [7, 11) is 0. The van der Waals surface area contributed by atoms with Crippen molar-refractivity contribution in [3.05, 3.63) is 22.4 Å². The summed E-state index contributed by atoms with van der Waals surface area (Å²) >= 11 is 1.79. The average Bonchev–Trinajstić information content (AvgIpc) is 3.21. The van der Waals surface area contributed by atoms with Crippen molar-refractivity contribution in [1.82, 2.24) is 10.2 Å². The highest BCUT2D eigenvalue weighted by Crippen LogP contribution is 2.25. The maximum atomic E-state index is 12.4. The SMILES string of the molecule is O=C(CCCc1cccs1)N1CCCC(C2CCCN2)C1. The molecule has 0 aliphatic carbocycles. The summed E-state index contributed by atoms with van der Waals surface area (Å²) in [5, 5.41) is 5.72. The third-order valence-electron chi connectivity index (χ3n) is 4.87. The van der Waals surface area contributed by atoms with Crippen LogP contribution in [0, 0.1) is 5.92 Å². The van der Waals surface area contributed by atoms with E-state index in [9.17, 15) is 4.79 Å². The van der Waals surface area contributed by atoms with E-state index in [1.165, 1.54) is 30.6 Å². The number of hydrogen-bond acceptors (Lipinski definition) is 3. The molecule has 116 valence electrons. The molecule has 1 aromatic rings. The molecule has 2 saturated heterocycles. The molecule has 3 rings (SSSR count). The van der Waals surface area contributed by atoms with Crippen LogP contribution in [0.1, 0.15) is 43.4 Å². The van der Waals surface area contributed by atoms with Gasteiger partial charge in [-0.1, -0.05) is 6.07 Å². The molecule has 2 atom stereocenters. The Hall–Kier alpha value is -0.870. The Balaban J connectivity index is 1.43. The molecule has 2 unspecified atom stereocenters. The number of thiophene rings is 1. The normalized spacial score (nSPS) is 26.2. The van der Waals surface area contributed by atoms with Gasteiger partial charge in [-0.3, -0.25) is 4.79 Å². The van der Waals surface area contributed by atoms with E-state index in [0.717, 1.165) is 32.5 Å². The summed E-state index contributed by atoms with van der Waals surface area (Å²) in [5.41, 5.74) is 0. The quantitative estimate of drug-likeness (QED) is 0.907. The van der Waals surface area contributed by atoms with Crippen LogP contribution in [0.3, 0.4) is 0 Å². The standard InChI is InChI=1S/C17H26N2OS/c20-17(9-1-6-15-7-4-12-21-15)19-11-3-5-14(13-19)16-8-2-10-18-16/h4,7,12,14,16,18H,1-3,5-6,8-11,13H2. The van der Waals surface area contributed by atoms with Crippen LogP contribution < -0.4 is 5.32 Å². The van der Waals surface area contributed by atoms with Crippen molar-refractivity contribution in [2.45, 2.75) is 51.0 Å². The molecule has 21 heavy (non-hydrogen) atoms. The predicted molar refractivity (Wildman–Crippen MR) is 87.6 cm³/mol. The molecule has 2 fully saturated rings. The number of likely N-dealkylation sites (tertiary alicyclic amines) is 1. The highest BCUT2D eigenvalue weighted by atomic mass is 32.1. The van der Waals surface area contributed by atoms with Gasteiger partial charge < -0.3 is 10.2 Å². The first-order valence-electron chi connectivity index (χ1n) is 8.36. The van der Waals surface area contributed by atoms with Gasteiger partial charge in [0.2, 0.25) is 5.91 Å². The van der Waals surface area contributed by atoms with Crippen LogP contribution in [0.4, 0.5) is 0 Å². The maximum Gasteiger partial charge on any atom is 0.222 e. The lowest BCUT2D eigenvalue weighted by Crippen LogP contribution is -2.45. The van der Waals surface area contributed by atoms with Crippen molar-refractivity contribution < 1.29 is 4.79 Å². The lowest BCUT2D eigenvalue weighted by atomic mass is 9.89. The Labute approximate surface area is 131 Å².